The standard InChI is InChI=1S/C16H16N4O3/c21-16(18-13-6-1-2-7-15(13)20(22)23)19-10-4-8-14(19)12-5-3-9-17-11-12/h1-3,5-7,9,11,14H,4,8,10H2,(H,18,21)/t14-/m1/s1. The third kappa shape index (κ3) is 3.13. The summed E-state index contributed by atoms with van der Waals surface area (Å²) in [5.41, 5.74) is 1.07. The molecule has 3 rings (SSSR count). The number of benzene rings is 1. The van der Waals surface area contributed by atoms with Gasteiger partial charge in [-0.15, -0.1) is 0 Å². The summed E-state index contributed by atoms with van der Waals surface area (Å²) >= 11 is 0. The zero-order valence-electron chi connectivity index (χ0n) is 12.4. The lowest BCUT2D eigenvalue weighted by atomic mass is 10.1. The minimum Gasteiger partial charge on any atom is -0.317 e. The van der Waals surface area contributed by atoms with Crippen LogP contribution in [-0.2, 0) is 0 Å². The van der Waals surface area contributed by atoms with Crippen molar-refractivity contribution in [1.29, 1.82) is 0 Å². The number of carbonyl (C=O) groups excluding carboxylic acids is 1. The summed E-state index contributed by atoms with van der Waals surface area (Å²) in [5, 5.41) is 13.7. The molecule has 7 heteroatoms. The Morgan fingerprint density at radius 3 is 2.87 bits per heavy atom. The minimum atomic E-state index is -0.502. The van der Waals surface area contributed by atoms with Gasteiger partial charge < -0.3 is 10.2 Å². The number of amides is 2. The lowest BCUT2D eigenvalue weighted by Crippen LogP contribution is -2.34. The van der Waals surface area contributed by atoms with Gasteiger partial charge in [0, 0.05) is 25.0 Å². The number of rotatable bonds is 3. The molecule has 7 nitrogen and oxygen atoms in total. The van der Waals surface area contributed by atoms with Gasteiger partial charge in [-0.1, -0.05) is 18.2 Å². The molecule has 0 saturated carbocycles. The van der Waals surface area contributed by atoms with E-state index in [0.717, 1.165) is 18.4 Å². The van der Waals surface area contributed by atoms with Crippen molar-refractivity contribution in [1.82, 2.24) is 9.88 Å². The van der Waals surface area contributed by atoms with Crippen LogP contribution >= 0.6 is 0 Å². The van der Waals surface area contributed by atoms with E-state index in [1.54, 1.807) is 29.4 Å². The maximum atomic E-state index is 12.5. The highest BCUT2D eigenvalue weighted by molar-refractivity contribution is 5.92. The van der Waals surface area contributed by atoms with E-state index in [-0.39, 0.29) is 23.4 Å². The monoisotopic (exact) mass is 312 g/mol. The van der Waals surface area contributed by atoms with Gasteiger partial charge in [0.2, 0.25) is 0 Å². The van der Waals surface area contributed by atoms with Gasteiger partial charge >= 0.3 is 6.03 Å². The predicted octanol–water partition coefficient (Wildman–Crippen LogP) is 3.36. The molecule has 1 atom stereocenters. The Hall–Kier alpha value is -2.96. The quantitative estimate of drug-likeness (QED) is 0.695. The number of nitrogens with zero attached hydrogens (tertiary/aromatic N) is 3. The van der Waals surface area contributed by atoms with Crippen LogP contribution in [-0.4, -0.2) is 27.4 Å². The third-order valence-corrected chi connectivity index (χ3v) is 3.93. The van der Waals surface area contributed by atoms with Crippen molar-refractivity contribution in [3.63, 3.8) is 0 Å². The first-order valence-electron chi connectivity index (χ1n) is 7.38. The van der Waals surface area contributed by atoms with Crippen molar-refractivity contribution in [2.45, 2.75) is 18.9 Å². The normalized spacial score (nSPS) is 17.0. The Kier molecular flexibility index (Phi) is 4.18. The molecule has 1 aromatic carbocycles. The smallest absolute Gasteiger partial charge is 0.317 e. The van der Waals surface area contributed by atoms with E-state index < -0.39 is 4.92 Å². The Bertz CT molecular complexity index is 720. The van der Waals surface area contributed by atoms with Gasteiger partial charge in [0.1, 0.15) is 5.69 Å². The molecule has 0 unspecified atom stereocenters. The lowest BCUT2D eigenvalue weighted by Gasteiger charge is -2.25. The molecule has 0 spiro atoms. The van der Waals surface area contributed by atoms with Crippen LogP contribution in [0.4, 0.5) is 16.2 Å². The summed E-state index contributed by atoms with van der Waals surface area (Å²) in [7, 11) is 0. The van der Waals surface area contributed by atoms with E-state index >= 15 is 0 Å². The van der Waals surface area contributed by atoms with E-state index in [0.29, 0.717) is 6.54 Å². The second kappa shape index (κ2) is 6.43. The van der Waals surface area contributed by atoms with Crippen molar-refractivity contribution in [3.05, 3.63) is 64.5 Å². The van der Waals surface area contributed by atoms with Crippen LogP contribution in [0.2, 0.25) is 0 Å². The number of nitrogens with one attached hydrogen (secondary N) is 1. The van der Waals surface area contributed by atoms with Gasteiger partial charge in [0.15, 0.2) is 0 Å². The first-order valence-corrected chi connectivity index (χ1v) is 7.38. The molecule has 1 aliphatic heterocycles. The van der Waals surface area contributed by atoms with E-state index in [9.17, 15) is 14.9 Å². The van der Waals surface area contributed by atoms with Gasteiger partial charge in [0.25, 0.3) is 5.69 Å². The van der Waals surface area contributed by atoms with Gasteiger partial charge in [-0.05, 0) is 30.5 Å². The van der Waals surface area contributed by atoms with Crippen molar-refractivity contribution in [2.75, 3.05) is 11.9 Å². The molecule has 1 fully saturated rings. The number of para-hydroxylation sites is 2. The molecule has 1 N–H and O–H groups in total. The highest BCUT2D eigenvalue weighted by Crippen LogP contribution is 2.32. The summed E-state index contributed by atoms with van der Waals surface area (Å²) in [6, 6.07) is 9.54. The summed E-state index contributed by atoms with van der Waals surface area (Å²) < 4.78 is 0. The Morgan fingerprint density at radius 1 is 1.30 bits per heavy atom. The summed E-state index contributed by atoms with van der Waals surface area (Å²) in [5.74, 6) is 0. The number of pyridine rings is 1. The molecule has 0 bridgehead atoms. The van der Waals surface area contributed by atoms with Crippen molar-refractivity contribution < 1.29 is 9.72 Å². The largest absolute Gasteiger partial charge is 0.322 e. The van der Waals surface area contributed by atoms with Crippen LogP contribution in [0.25, 0.3) is 0 Å². The number of nitro benzene ring substituents is 1. The molecular formula is C16H16N4O3. The number of aromatic nitrogens is 1. The molecular weight excluding hydrogens is 296 g/mol. The molecule has 0 aliphatic carbocycles. The number of nitro groups is 1. The van der Waals surface area contributed by atoms with Crippen LogP contribution in [0.5, 0.6) is 0 Å². The Balaban J connectivity index is 1.79. The summed E-state index contributed by atoms with van der Waals surface area (Å²) in [4.78, 5) is 28.9. The fourth-order valence-electron chi connectivity index (χ4n) is 2.85. The zero-order valence-corrected chi connectivity index (χ0v) is 12.4. The second-order valence-electron chi connectivity index (χ2n) is 5.34. The maximum absolute atomic E-state index is 12.5. The van der Waals surface area contributed by atoms with Crippen LogP contribution in [0.3, 0.4) is 0 Å². The molecule has 2 aromatic rings. The molecule has 0 radical (unpaired) electrons. The first kappa shape index (κ1) is 15.0. The topological polar surface area (TPSA) is 88.4 Å². The van der Waals surface area contributed by atoms with Gasteiger partial charge in [-0.25, -0.2) is 4.79 Å². The molecule has 1 saturated heterocycles. The van der Waals surface area contributed by atoms with Gasteiger partial charge in [0.05, 0.1) is 11.0 Å². The van der Waals surface area contributed by atoms with Gasteiger partial charge in [-0.2, -0.15) is 0 Å². The Morgan fingerprint density at radius 2 is 2.13 bits per heavy atom. The van der Waals surface area contributed by atoms with Crippen molar-refractivity contribution in [3.8, 4) is 0 Å². The third-order valence-electron chi connectivity index (χ3n) is 3.93. The highest BCUT2D eigenvalue weighted by atomic mass is 16.6. The van der Waals surface area contributed by atoms with E-state index in [2.05, 4.69) is 10.3 Å². The Labute approximate surface area is 133 Å². The molecule has 1 aromatic heterocycles. The zero-order chi connectivity index (χ0) is 16.2. The number of likely N-dealkylation sites (tertiary alicyclic amines) is 1. The van der Waals surface area contributed by atoms with E-state index in [1.807, 2.05) is 12.1 Å². The first-order chi connectivity index (χ1) is 11.2. The average molecular weight is 312 g/mol. The van der Waals surface area contributed by atoms with Crippen LogP contribution in [0, 0.1) is 10.1 Å². The summed E-state index contributed by atoms with van der Waals surface area (Å²) in [6.45, 7) is 0.617. The fourth-order valence-corrected chi connectivity index (χ4v) is 2.85. The molecule has 118 valence electrons. The molecule has 1 aliphatic rings. The van der Waals surface area contributed by atoms with E-state index in [1.165, 1.54) is 12.1 Å². The van der Waals surface area contributed by atoms with Crippen LogP contribution in [0.1, 0.15) is 24.4 Å². The lowest BCUT2D eigenvalue weighted by molar-refractivity contribution is -0.383. The van der Waals surface area contributed by atoms with Gasteiger partial charge in [-0.3, -0.25) is 15.1 Å². The number of hydrogen-bond acceptors (Lipinski definition) is 4. The minimum absolute atomic E-state index is 0.0496. The van der Waals surface area contributed by atoms with Crippen LogP contribution < -0.4 is 5.32 Å². The SMILES string of the molecule is O=C(Nc1ccccc1[N+](=O)[O-])N1CCC[C@@H]1c1cccnc1. The molecule has 23 heavy (non-hydrogen) atoms. The summed E-state index contributed by atoms with van der Waals surface area (Å²) in [6.07, 6.45) is 5.19. The predicted molar refractivity (Wildman–Crippen MR) is 85.0 cm³/mol. The van der Waals surface area contributed by atoms with Crippen molar-refractivity contribution >= 4 is 17.4 Å². The average Bonchev–Trinajstić information content (AvgIpc) is 3.05. The second-order valence-corrected chi connectivity index (χ2v) is 5.34. The molecule has 2 amide bonds. The number of carbonyl (C=O) groups is 1. The maximum Gasteiger partial charge on any atom is 0.322 e. The number of hydrogen-bond donors (Lipinski definition) is 1. The highest BCUT2D eigenvalue weighted by Gasteiger charge is 2.31. The number of urea groups is 1. The van der Waals surface area contributed by atoms with Crippen LogP contribution in [0.15, 0.2) is 48.8 Å². The van der Waals surface area contributed by atoms with E-state index in [4.69, 9.17) is 0 Å². The fraction of sp³-hybridized carbons (Fsp3) is 0.250. The number of anilines is 1. The molecule has 2 heterocycles. The van der Waals surface area contributed by atoms with Crippen molar-refractivity contribution in [2.24, 2.45) is 0 Å².